The van der Waals surface area contributed by atoms with E-state index >= 15 is 0 Å². The first kappa shape index (κ1) is 97.3. The number of hydrogen-bond acceptors (Lipinski definition) is 20. The second-order valence-electron chi connectivity index (χ2n) is 30.2. The van der Waals surface area contributed by atoms with Crippen LogP contribution >= 0.6 is 0 Å². The van der Waals surface area contributed by atoms with Crippen LogP contribution in [-0.4, -0.2) is 108 Å². The van der Waals surface area contributed by atoms with Crippen molar-refractivity contribution in [2.75, 3.05) is 20.8 Å². The van der Waals surface area contributed by atoms with Gasteiger partial charge in [0.1, 0.15) is 58.4 Å². The van der Waals surface area contributed by atoms with Crippen molar-refractivity contribution in [3.05, 3.63) is 311 Å². The van der Waals surface area contributed by atoms with Crippen LogP contribution < -0.4 is 14.2 Å². The maximum Gasteiger partial charge on any atom is 0.161 e. The lowest BCUT2D eigenvalue weighted by atomic mass is 9.96. The Hall–Kier alpha value is -14.5. The molecule has 0 spiro atoms. The number of hydrogen-bond donors (Lipinski definition) is 17. The number of phenolic OH excluding ortho intramolecular Hbond substituents is 16. The molecule has 0 saturated carbocycles. The SMILES string of the molecule is CC(C)=CCOc1cc(O)cc(/C=C/c2ccc(O)c(O)c2)c1CC=C(C)C.CC(C)=CCc1c(/C=C/c2ccc(O)c(O)c2)cc(O)cc1CO.CC(C)=CCc1c(O)cc(O)cc1/C=C/c1ccc(O)c(O)c1.COc1cc(/C=C/c2cc(O)c(CC=C(C)C)c(O)c2)ccc1O.COc1cc(/C=C/c2cc(O)cc(O)c2CC=C(C)C)ccc1O. The Morgan fingerprint density at radius 1 is 0.236 bits per heavy atom. The third-order valence-corrected chi connectivity index (χ3v) is 18.5. The molecule has 646 valence electrons. The smallest absolute Gasteiger partial charge is 0.161 e. The van der Waals surface area contributed by atoms with E-state index in [4.69, 9.17) is 14.2 Å². The molecule has 10 aromatic carbocycles. The Bertz CT molecular complexity index is 5610. The fourth-order valence-corrected chi connectivity index (χ4v) is 11.8. The number of aliphatic hydroxyl groups is 1. The molecule has 0 unspecified atom stereocenters. The fraction of sp³-hybridized carbons (Fsp3) is 0.204. The molecule has 20 heteroatoms. The Balaban J connectivity index is 0.000000238. The highest BCUT2D eigenvalue weighted by molar-refractivity contribution is 5.79. The van der Waals surface area contributed by atoms with E-state index in [1.165, 1.54) is 79.5 Å². The molecule has 10 aromatic rings. The van der Waals surface area contributed by atoms with E-state index in [0.717, 1.165) is 66.8 Å². The second-order valence-corrected chi connectivity index (χ2v) is 30.2. The van der Waals surface area contributed by atoms with Crippen LogP contribution in [-0.2, 0) is 38.7 Å². The van der Waals surface area contributed by atoms with Gasteiger partial charge in [-0.05, 0) is 291 Å². The zero-order valence-corrected chi connectivity index (χ0v) is 71.9. The van der Waals surface area contributed by atoms with Crippen molar-refractivity contribution in [3.63, 3.8) is 0 Å². The molecule has 10 rings (SSSR count). The van der Waals surface area contributed by atoms with Gasteiger partial charge in [-0.3, -0.25) is 0 Å². The van der Waals surface area contributed by atoms with Gasteiger partial charge in [-0.1, -0.05) is 155 Å². The predicted octanol–water partition coefficient (Wildman–Crippen LogP) is 23.0. The topological polar surface area (TPSA) is 372 Å². The van der Waals surface area contributed by atoms with Gasteiger partial charge in [0.05, 0.1) is 20.8 Å². The summed E-state index contributed by atoms with van der Waals surface area (Å²) in [5, 5.41) is 166. The quantitative estimate of drug-likeness (QED) is 0.0136. The highest BCUT2D eigenvalue weighted by Gasteiger charge is 2.16. The Kier molecular flexibility index (Phi) is 37.9. The molecule has 0 amide bonds. The molecule has 0 heterocycles. The summed E-state index contributed by atoms with van der Waals surface area (Å²) in [6, 6.07) is 39.3. The van der Waals surface area contributed by atoms with E-state index in [1.54, 1.807) is 127 Å². The summed E-state index contributed by atoms with van der Waals surface area (Å²) in [7, 11) is 2.98. The summed E-state index contributed by atoms with van der Waals surface area (Å²) in [6.45, 7) is 24.3. The van der Waals surface area contributed by atoms with Crippen LogP contribution in [0, 0.1) is 0 Å². The van der Waals surface area contributed by atoms with Gasteiger partial charge >= 0.3 is 0 Å². The Labute approximate surface area is 720 Å². The van der Waals surface area contributed by atoms with Crippen LogP contribution in [0.5, 0.6) is 109 Å². The Morgan fingerprint density at radius 3 is 0.846 bits per heavy atom. The molecule has 0 aliphatic carbocycles. The van der Waals surface area contributed by atoms with Crippen LogP contribution in [0.1, 0.15) is 172 Å². The first-order valence-electron chi connectivity index (χ1n) is 39.4. The molecule has 17 N–H and O–H groups in total. The molecule has 0 radical (unpaired) electrons. The summed E-state index contributed by atoms with van der Waals surface area (Å²) >= 11 is 0. The zero-order valence-electron chi connectivity index (χ0n) is 71.9. The summed E-state index contributed by atoms with van der Waals surface area (Å²) in [6.07, 6.45) is 33.1. The van der Waals surface area contributed by atoms with Crippen molar-refractivity contribution in [1.82, 2.24) is 0 Å². The van der Waals surface area contributed by atoms with Gasteiger partial charge in [-0.2, -0.15) is 0 Å². The van der Waals surface area contributed by atoms with E-state index in [1.807, 2.05) is 144 Å². The molecule has 0 aromatic heterocycles. The zero-order chi connectivity index (χ0) is 90.7. The monoisotopic (exact) mass is 1670 g/mol. The molecule has 0 aliphatic heterocycles. The number of rotatable bonds is 26. The van der Waals surface area contributed by atoms with Crippen LogP contribution in [0.15, 0.2) is 222 Å². The van der Waals surface area contributed by atoms with E-state index in [2.05, 4.69) is 12.2 Å². The molecular weight excluding hydrogens is 1560 g/mol. The summed E-state index contributed by atoms with van der Waals surface area (Å²) in [5.74, 6) is 0.954. The summed E-state index contributed by atoms with van der Waals surface area (Å²) in [5.41, 5.74) is 19.0. The van der Waals surface area contributed by atoms with Crippen LogP contribution in [0.25, 0.3) is 60.8 Å². The Morgan fingerprint density at radius 2 is 0.504 bits per heavy atom. The third kappa shape index (κ3) is 32.3. The largest absolute Gasteiger partial charge is 0.508 e. The minimum atomic E-state index is -0.198. The van der Waals surface area contributed by atoms with Gasteiger partial charge in [0.2, 0.25) is 0 Å². The lowest BCUT2D eigenvalue weighted by Crippen LogP contribution is -2.00. The van der Waals surface area contributed by atoms with Crippen LogP contribution in [0.2, 0.25) is 0 Å². The third-order valence-electron chi connectivity index (χ3n) is 18.5. The molecule has 0 aliphatic rings. The van der Waals surface area contributed by atoms with Gasteiger partial charge in [0, 0.05) is 40.5 Å². The number of methoxy groups -OCH3 is 2. The maximum absolute atomic E-state index is 10.2. The van der Waals surface area contributed by atoms with Gasteiger partial charge < -0.3 is 101 Å². The first-order chi connectivity index (χ1) is 58.3. The minimum absolute atomic E-state index is 0.0105. The van der Waals surface area contributed by atoms with Crippen LogP contribution in [0.3, 0.4) is 0 Å². The number of phenols is 16. The first-order valence-corrected chi connectivity index (χ1v) is 39.4. The number of ether oxygens (including phenoxy) is 3. The van der Waals surface area contributed by atoms with Crippen molar-refractivity contribution in [2.24, 2.45) is 0 Å². The van der Waals surface area contributed by atoms with Gasteiger partial charge in [0.25, 0.3) is 0 Å². The summed E-state index contributed by atoms with van der Waals surface area (Å²) in [4.78, 5) is 0. The fourth-order valence-electron chi connectivity index (χ4n) is 11.8. The van der Waals surface area contributed by atoms with E-state index in [0.29, 0.717) is 94.9 Å². The number of allylic oxidation sites excluding steroid dienone is 11. The second kappa shape index (κ2) is 47.9. The van der Waals surface area contributed by atoms with Crippen molar-refractivity contribution in [3.8, 4) is 109 Å². The lowest BCUT2D eigenvalue weighted by Gasteiger charge is -2.14. The van der Waals surface area contributed by atoms with Crippen molar-refractivity contribution >= 4 is 60.8 Å². The molecule has 123 heavy (non-hydrogen) atoms. The number of aliphatic hydroxyl groups excluding tert-OH is 1. The highest BCUT2D eigenvalue weighted by atomic mass is 16.5. The number of benzene rings is 10. The predicted molar refractivity (Wildman–Crippen MR) is 495 cm³/mol. The van der Waals surface area contributed by atoms with Gasteiger partial charge in [0.15, 0.2) is 57.5 Å². The summed E-state index contributed by atoms with van der Waals surface area (Å²) < 4.78 is 16.1. The highest BCUT2D eigenvalue weighted by Crippen LogP contribution is 2.38. The normalized spacial score (nSPS) is 10.8. The van der Waals surface area contributed by atoms with Gasteiger partial charge in [-0.25, -0.2) is 0 Å². The van der Waals surface area contributed by atoms with E-state index < -0.39 is 0 Å². The van der Waals surface area contributed by atoms with E-state index in [9.17, 15) is 86.8 Å². The molecule has 0 bridgehead atoms. The molecule has 0 atom stereocenters. The maximum atomic E-state index is 10.2. The van der Waals surface area contributed by atoms with Crippen molar-refractivity contribution in [1.29, 1.82) is 0 Å². The number of aromatic hydroxyl groups is 16. The lowest BCUT2D eigenvalue weighted by molar-refractivity contribution is 0.280. The average molecular weight is 1670 g/mol. The minimum Gasteiger partial charge on any atom is -0.508 e. The van der Waals surface area contributed by atoms with E-state index in [-0.39, 0.29) is 98.6 Å². The average Bonchev–Trinajstić information content (AvgIpc) is 0.858. The van der Waals surface area contributed by atoms with Crippen molar-refractivity contribution in [2.45, 2.75) is 122 Å². The molecular formula is C103H114O20. The molecule has 20 nitrogen and oxygen atoms in total. The van der Waals surface area contributed by atoms with Crippen molar-refractivity contribution < 1.29 is 101 Å². The van der Waals surface area contributed by atoms with Gasteiger partial charge in [-0.15, -0.1) is 0 Å². The molecule has 0 saturated heterocycles. The molecule has 0 fully saturated rings. The van der Waals surface area contributed by atoms with Crippen LogP contribution in [0.4, 0.5) is 0 Å². The standard InChI is InChI=1S/C24H28O4.3C20H22O4.C19H20O4/c1-16(2)5-9-21-19(8-6-18-7-10-22(26)23(27)13-18)14-20(25)15-24(21)28-12-11-17(3)4;1-13(2)4-8-17-15(11-16(21)12-19(17)23)7-5-14-6-9-18(22)20(10-14)24-3;1-13(2)4-8-16-18(22)10-15(11-19(16)23)6-5-14-7-9-17(21)20(12-14)24-3;1-13(2)3-7-18-15(10-17(22)11-16(18)12-21)6-4-14-5-8-19(23)20(24)9-14;1-12(2)3-7-16-14(10-15(20)11-18(16)22)6-4-13-5-8-17(21)19(23)9-13/h5-8,10-11,13-15,25-27H,9,12H2,1-4H3;2*4-7,9-12,21-23H,8H2,1-3H3;3-6,8-11,21-24H,7,12H2,1-2H3;3-6,8-11,20-23H,7H2,1-2H3/b8-6+;7-5+;6-5+;2*6-4+.